The molecule has 84 valence electrons. The molecule has 5 heteroatoms. The Morgan fingerprint density at radius 1 is 1.50 bits per heavy atom. The lowest BCUT2D eigenvalue weighted by Gasteiger charge is -1.97. The van der Waals surface area contributed by atoms with Crippen molar-refractivity contribution in [1.29, 1.82) is 0 Å². The highest BCUT2D eigenvalue weighted by molar-refractivity contribution is 7.13. The third-order valence-corrected chi connectivity index (χ3v) is 3.58. The van der Waals surface area contributed by atoms with Gasteiger partial charge in [-0.05, 0) is 26.0 Å². The second kappa shape index (κ2) is 4.09. The summed E-state index contributed by atoms with van der Waals surface area (Å²) >= 11 is 1.32. The zero-order valence-corrected chi connectivity index (χ0v) is 9.89. The van der Waals surface area contributed by atoms with E-state index in [0.717, 1.165) is 28.2 Å². The average molecular weight is 236 g/mol. The molecule has 16 heavy (non-hydrogen) atoms. The van der Waals surface area contributed by atoms with E-state index in [9.17, 15) is 4.79 Å². The van der Waals surface area contributed by atoms with Gasteiger partial charge in [-0.15, -0.1) is 11.3 Å². The maximum atomic E-state index is 10.7. The van der Waals surface area contributed by atoms with E-state index in [1.165, 1.54) is 11.3 Å². The third kappa shape index (κ3) is 1.99. The summed E-state index contributed by atoms with van der Waals surface area (Å²) in [7, 11) is 0. The smallest absolute Gasteiger partial charge is 0.345 e. The number of thiophene rings is 1. The lowest BCUT2D eigenvalue weighted by molar-refractivity contribution is 0.0702. The van der Waals surface area contributed by atoms with Crippen molar-refractivity contribution in [3.05, 3.63) is 38.8 Å². The molecule has 0 aliphatic heterocycles. The molecule has 2 rings (SSSR count). The molecular weight excluding hydrogens is 224 g/mol. The molecule has 0 unspecified atom stereocenters. The summed E-state index contributed by atoms with van der Waals surface area (Å²) in [5.74, 6) is -0.864. The highest BCUT2D eigenvalue weighted by Crippen LogP contribution is 2.22. The maximum absolute atomic E-state index is 10.7. The van der Waals surface area contributed by atoms with Crippen LogP contribution in [-0.4, -0.2) is 21.3 Å². The fourth-order valence-electron chi connectivity index (χ4n) is 1.60. The van der Waals surface area contributed by atoms with Gasteiger partial charge in [0, 0.05) is 22.6 Å². The van der Waals surface area contributed by atoms with Crippen LogP contribution in [0.5, 0.6) is 0 Å². The van der Waals surface area contributed by atoms with Gasteiger partial charge < -0.3 is 5.11 Å². The zero-order valence-electron chi connectivity index (χ0n) is 9.07. The number of hydrogen-bond donors (Lipinski definition) is 2. The van der Waals surface area contributed by atoms with Crippen molar-refractivity contribution >= 4 is 17.3 Å². The SMILES string of the molecule is Cc1n[nH]c(C)c1Cc1ccc(C(=O)O)s1. The van der Waals surface area contributed by atoms with Crippen molar-refractivity contribution in [3.8, 4) is 0 Å². The Morgan fingerprint density at radius 2 is 2.25 bits per heavy atom. The molecule has 0 aliphatic rings. The summed E-state index contributed by atoms with van der Waals surface area (Å²) in [6.45, 7) is 3.92. The average Bonchev–Trinajstić information content (AvgIpc) is 2.80. The minimum absolute atomic E-state index is 0.383. The molecule has 0 radical (unpaired) electrons. The van der Waals surface area contributed by atoms with Gasteiger partial charge in [0.1, 0.15) is 4.88 Å². The van der Waals surface area contributed by atoms with Crippen LogP contribution in [0.4, 0.5) is 0 Å². The molecule has 2 N–H and O–H groups in total. The van der Waals surface area contributed by atoms with Crippen LogP contribution in [-0.2, 0) is 6.42 Å². The summed E-state index contributed by atoms with van der Waals surface area (Å²) < 4.78 is 0. The number of aromatic amines is 1. The quantitative estimate of drug-likeness (QED) is 0.859. The molecule has 2 aromatic heterocycles. The number of hydrogen-bond acceptors (Lipinski definition) is 3. The Hall–Kier alpha value is -1.62. The van der Waals surface area contributed by atoms with Gasteiger partial charge in [0.2, 0.25) is 0 Å². The second-order valence-corrected chi connectivity index (χ2v) is 4.83. The van der Waals surface area contributed by atoms with Gasteiger partial charge in [-0.2, -0.15) is 5.10 Å². The lowest BCUT2D eigenvalue weighted by atomic mass is 10.1. The zero-order chi connectivity index (χ0) is 11.7. The number of nitrogens with one attached hydrogen (secondary N) is 1. The number of carbonyl (C=O) groups is 1. The van der Waals surface area contributed by atoms with Crippen molar-refractivity contribution in [1.82, 2.24) is 10.2 Å². The van der Waals surface area contributed by atoms with Crippen LogP contribution in [0.3, 0.4) is 0 Å². The largest absolute Gasteiger partial charge is 0.477 e. The fourth-order valence-corrected chi connectivity index (χ4v) is 2.46. The molecule has 0 atom stereocenters. The van der Waals surface area contributed by atoms with E-state index in [4.69, 9.17) is 5.11 Å². The molecule has 2 heterocycles. The van der Waals surface area contributed by atoms with Gasteiger partial charge in [0.25, 0.3) is 0 Å². The van der Waals surface area contributed by atoms with Crippen molar-refractivity contribution in [3.63, 3.8) is 0 Å². The Bertz CT molecular complexity index is 508. The predicted octanol–water partition coefficient (Wildman–Crippen LogP) is 2.38. The molecular formula is C11H12N2O2S. The van der Waals surface area contributed by atoms with E-state index >= 15 is 0 Å². The van der Waals surface area contributed by atoms with E-state index in [1.807, 2.05) is 19.9 Å². The van der Waals surface area contributed by atoms with Crippen molar-refractivity contribution in [2.75, 3.05) is 0 Å². The van der Waals surface area contributed by atoms with Gasteiger partial charge in [0.15, 0.2) is 0 Å². The maximum Gasteiger partial charge on any atom is 0.345 e. The molecule has 0 aliphatic carbocycles. The van der Waals surface area contributed by atoms with Gasteiger partial charge in [-0.25, -0.2) is 4.79 Å². The minimum atomic E-state index is -0.864. The standard InChI is InChI=1S/C11H12N2O2S/c1-6-9(7(2)13-12-6)5-8-3-4-10(16-8)11(14)15/h3-4H,5H2,1-2H3,(H,12,13)(H,14,15). The number of aromatic carboxylic acids is 1. The van der Waals surface area contributed by atoms with Crippen LogP contribution in [0.2, 0.25) is 0 Å². The normalized spacial score (nSPS) is 10.6. The van der Waals surface area contributed by atoms with Gasteiger partial charge in [-0.1, -0.05) is 0 Å². The molecule has 0 fully saturated rings. The number of nitrogens with zero attached hydrogens (tertiary/aromatic N) is 1. The number of carboxylic acids is 1. The second-order valence-electron chi connectivity index (χ2n) is 3.66. The summed E-state index contributed by atoms with van der Waals surface area (Å²) in [5.41, 5.74) is 3.17. The molecule has 0 saturated heterocycles. The van der Waals surface area contributed by atoms with E-state index in [0.29, 0.717) is 4.88 Å². The molecule has 4 nitrogen and oxygen atoms in total. The molecule has 2 aromatic rings. The number of aromatic nitrogens is 2. The van der Waals surface area contributed by atoms with Crippen LogP contribution in [0.1, 0.15) is 31.5 Å². The highest BCUT2D eigenvalue weighted by atomic mass is 32.1. The summed E-state index contributed by atoms with van der Waals surface area (Å²) in [4.78, 5) is 12.2. The molecule has 0 spiro atoms. The van der Waals surface area contributed by atoms with Gasteiger partial charge in [-0.3, -0.25) is 5.10 Å². The van der Waals surface area contributed by atoms with Crippen LogP contribution in [0.25, 0.3) is 0 Å². The monoisotopic (exact) mass is 236 g/mol. The minimum Gasteiger partial charge on any atom is -0.477 e. The van der Waals surface area contributed by atoms with Crippen LogP contribution < -0.4 is 0 Å². The first kappa shape index (κ1) is 10.9. The molecule has 0 bridgehead atoms. The Labute approximate surface area is 96.9 Å². The first-order valence-electron chi connectivity index (χ1n) is 4.90. The number of H-pyrrole nitrogens is 1. The van der Waals surface area contributed by atoms with Crippen molar-refractivity contribution in [2.45, 2.75) is 20.3 Å². The number of rotatable bonds is 3. The number of carboxylic acid groups (broad SMARTS) is 1. The van der Waals surface area contributed by atoms with Crippen LogP contribution >= 0.6 is 11.3 Å². The Morgan fingerprint density at radius 3 is 2.75 bits per heavy atom. The van der Waals surface area contributed by atoms with Crippen molar-refractivity contribution < 1.29 is 9.90 Å². The fraction of sp³-hybridized carbons (Fsp3) is 0.273. The first-order valence-corrected chi connectivity index (χ1v) is 5.72. The molecule has 0 amide bonds. The summed E-state index contributed by atoms with van der Waals surface area (Å²) in [5, 5.41) is 15.9. The molecule has 0 aromatic carbocycles. The van der Waals surface area contributed by atoms with Gasteiger partial charge in [0.05, 0.1) is 5.69 Å². The summed E-state index contributed by atoms with van der Waals surface area (Å²) in [6.07, 6.45) is 0.742. The predicted molar refractivity (Wildman–Crippen MR) is 62.1 cm³/mol. The number of aryl methyl sites for hydroxylation is 2. The Balaban J connectivity index is 2.24. The van der Waals surface area contributed by atoms with E-state index in [1.54, 1.807) is 6.07 Å². The lowest BCUT2D eigenvalue weighted by Crippen LogP contribution is -1.90. The van der Waals surface area contributed by atoms with E-state index in [-0.39, 0.29) is 0 Å². The van der Waals surface area contributed by atoms with Crippen LogP contribution in [0.15, 0.2) is 12.1 Å². The van der Waals surface area contributed by atoms with Gasteiger partial charge >= 0.3 is 5.97 Å². The Kier molecular flexibility index (Phi) is 2.78. The highest BCUT2D eigenvalue weighted by Gasteiger charge is 2.11. The van der Waals surface area contributed by atoms with Crippen molar-refractivity contribution in [2.24, 2.45) is 0 Å². The third-order valence-electron chi connectivity index (χ3n) is 2.50. The van der Waals surface area contributed by atoms with E-state index in [2.05, 4.69) is 10.2 Å². The van der Waals surface area contributed by atoms with Crippen LogP contribution in [0, 0.1) is 13.8 Å². The summed E-state index contributed by atoms with van der Waals surface area (Å²) in [6, 6.07) is 3.51. The topological polar surface area (TPSA) is 66.0 Å². The first-order chi connectivity index (χ1) is 7.58. The molecule has 0 saturated carbocycles. The van der Waals surface area contributed by atoms with E-state index < -0.39 is 5.97 Å².